The summed E-state index contributed by atoms with van der Waals surface area (Å²) in [5, 5.41) is 3.06. The van der Waals surface area contributed by atoms with Gasteiger partial charge in [0.1, 0.15) is 0 Å². The summed E-state index contributed by atoms with van der Waals surface area (Å²) in [4.78, 5) is 12.5. The van der Waals surface area contributed by atoms with E-state index in [-0.39, 0.29) is 5.91 Å². The van der Waals surface area contributed by atoms with E-state index in [4.69, 9.17) is 0 Å². The molecule has 0 aromatic heterocycles. The van der Waals surface area contributed by atoms with E-state index in [2.05, 4.69) is 70.4 Å². The number of halogens is 2. The zero-order valence-electron chi connectivity index (χ0n) is 12.0. The van der Waals surface area contributed by atoms with E-state index in [9.17, 15) is 4.79 Å². The molecular formula is C17H17I2NO. The fraction of sp³-hybridized carbons (Fsp3) is 0.235. The molecule has 1 N–H and O–H groups in total. The number of carbonyl (C=O) groups excluding carboxylic acids is 1. The molecule has 0 saturated carbocycles. The molecule has 0 aliphatic heterocycles. The zero-order valence-corrected chi connectivity index (χ0v) is 16.3. The van der Waals surface area contributed by atoms with Gasteiger partial charge in [-0.15, -0.1) is 0 Å². The first-order valence-corrected chi connectivity index (χ1v) is 9.04. The van der Waals surface area contributed by atoms with Crippen molar-refractivity contribution in [3.05, 3.63) is 60.7 Å². The first kappa shape index (κ1) is 16.7. The highest BCUT2D eigenvalue weighted by molar-refractivity contribution is 14.1. The van der Waals surface area contributed by atoms with Crippen LogP contribution in [0.5, 0.6) is 0 Å². The van der Waals surface area contributed by atoms with Crippen molar-refractivity contribution in [2.75, 3.05) is 5.32 Å². The van der Waals surface area contributed by atoms with Gasteiger partial charge in [-0.1, -0.05) is 32.0 Å². The van der Waals surface area contributed by atoms with Crippen LogP contribution in [0.25, 0.3) is 0 Å². The monoisotopic (exact) mass is 505 g/mol. The molecule has 2 nitrogen and oxygen atoms in total. The zero-order chi connectivity index (χ0) is 15.4. The molecule has 0 spiro atoms. The number of hydrogen-bond acceptors (Lipinski definition) is 1. The third-order valence-corrected chi connectivity index (χ3v) is 5.14. The van der Waals surface area contributed by atoms with Crippen LogP contribution in [-0.2, 0) is 0 Å². The summed E-state index contributed by atoms with van der Waals surface area (Å²) in [7, 11) is 0. The van der Waals surface area contributed by atoms with Crippen molar-refractivity contribution in [3.63, 3.8) is 0 Å². The second-order valence-corrected chi connectivity index (χ2v) is 7.38. The van der Waals surface area contributed by atoms with Gasteiger partial charge in [0.15, 0.2) is 0 Å². The molecule has 0 saturated heterocycles. The number of nitrogens with one attached hydrogen (secondary N) is 1. The van der Waals surface area contributed by atoms with Crippen molar-refractivity contribution in [1.29, 1.82) is 0 Å². The third-order valence-electron chi connectivity index (χ3n) is 3.53. The van der Waals surface area contributed by atoms with Crippen LogP contribution in [0.1, 0.15) is 42.1 Å². The number of benzene rings is 2. The second kappa shape index (κ2) is 7.58. The van der Waals surface area contributed by atoms with Crippen molar-refractivity contribution < 1.29 is 4.79 Å². The van der Waals surface area contributed by atoms with Crippen LogP contribution in [0.4, 0.5) is 5.69 Å². The molecule has 1 atom stereocenters. The first-order valence-electron chi connectivity index (χ1n) is 6.88. The molecule has 0 fully saturated rings. The van der Waals surface area contributed by atoms with Crippen molar-refractivity contribution in [1.82, 2.24) is 0 Å². The van der Waals surface area contributed by atoms with Gasteiger partial charge in [-0.2, -0.15) is 0 Å². The van der Waals surface area contributed by atoms with Gasteiger partial charge in [0, 0.05) is 12.8 Å². The third kappa shape index (κ3) is 4.18. The molecule has 2 aromatic carbocycles. The summed E-state index contributed by atoms with van der Waals surface area (Å²) in [5.41, 5.74) is 2.82. The lowest BCUT2D eigenvalue weighted by atomic mass is 9.97. The van der Waals surface area contributed by atoms with Gasteiger partial charge < -0.3 is 5.32 Å². The van der Waals surface area contributed by atoms with Crippen molar-refractivity contribution in [2.45, 2.75) is 26.2 Å². The molecular weight excluding hydrogens is 488 g/mol. The predicted octanol–water partition coefficient (Wildman–Crippen LogP) is 5.66. The Balaban J connectivity index is 2.30. The standard InChI is InChI=1S/C17H17I2NO/c1-3-11(2)13-6-4-5-7-16(13)20-17(21)14-10-12(18)8-9-15(14)19/h4-11H,3H2,1-2H3,(H,20,21). The smallest absolute Gasteiger partial charge is 0.256 e. The highest BCUT2D eigenvalue weighted by Gasteiger charge is 2.14. The minimum Gasteiger partial charge on any atom is -0.322 e. The summed E-state index contributed by atoms with van der Waals surface area (Å²) in [6.45, 7) is 4.34. The van der Waals surface area contributed by atoms with Crippen LogP contribution in [0.2, 0.25) is 0 Å². The number of anilines is 1. The van der Waals surface area contributed by atoms with Crippen LogP contribution >= 0.6 is 45.2 Å². The topological polar surface area (TPSA) is 29.1 Å². The number of hydrogen-bond donors (Lipinski definition) is 1. The predicted molar refractivity (Wildman–Crippen MR) is 105 cm³/mol. The van der Waals surface area contributed by atoms with E-state index in [1.807, 2.05) is 36.4 Å². The van der Waals surface area contributed by atoms with Gasteiger partial charge in [-0.25, -0.2) is 0 Å². The maximum Gasteiger partial charge on any atom is 0.256 e. The Kier molecular flexibility index (Phi) is 6.04. The molecule has 0 radical (unpaired) electrons. The Hall–Kier alpha value is -0.630. The van der Waals surface area contributed by atoms with Crippen LogP contribution in [-0.4, -0.2) is 5.91 Å². The quantitative estimate of drug-likeness (QED) is 0.535. The van der Waals surface area contributed by atoms with E-state index in [1.54, 1.807) is 0 Å². The Bertz CT molecular complexity index is 655. The van der Waals surface area contributed by atoms with E-state index >= 15 is 0 Å². The Morgan fingerprint density at radius 3 is 2.62 bits per heavy atom. The maximum atomic E-state index is 12.5. The van der Waals surface area contributed by atoms with Crippen molar-refractivity contribution in [3.8, 4) is 0 Å². The average Bonchev–Trinajstić information content (AvgIpc) is 2.49. The van der Waals surface area contributed by atoms with E-state index in [0.29, 0.717) is 5.92 Å². The minimum atomic E-state index is -0.0475. The molecule has 0 heterocycles. The molecule has 1 unspecified atom stereocenters. The highest BCUT2D eigenvalue weighted by Crippen LogP contribution is 2.27. The van der Waals surface area contributed by atoms with Crippen molar-refractivity contribution in [2.24, 2.45) is 0 Å². The van der Waals surface area contributed by atoms with Gasteiger partial charge >= 0.3 is 0 Å². The highest BCUT2D eigenvalue weighted by atomic mass is 127. The number of para-hydroxylation sites is 1. The normalized spacial score (nSPS) is 12.0. The van der Waals surface area contributed by atoms with Gasteiger partial charge in [-0.3, -0.25) is 4.79 Å². The lowest BCUT2D eigenvalue weighted by molar-refractivity contribution is 0.102. The van der Waals surface area contributed by atoms with Gasteiger partial charge in [0.2, 0.25) is 0 Å². The Morgan fingerprint density at radius 1 is 1.19 bits per heavy atom. The van der Waals surface area contributed by atoms with Crippen molar-refractivity contribution >= 4 is 56.8 Å². The van der Waals surface area contributed by atoms with E-state index < -0.39 is 0 Å². The number of amides is 1. The molecule has 0 aliphatic carbocycles. The lowest BCUT2D eigenvalue weighted by Gasteiger charge is -2.16. The Morgan fingerprint density at radius 2 is 1.90 bits per heavy atom. The summed E-state index contributed by atoms with van der Waals surface area (Å²) >= 11 is 4.43. The van der Waals surface area contributed by atoms with Crippen LogP contribution < -0.4 is 5.32 Å². The SMILES string of the molecule is CCC(C)c1ccccc1NC(=O)c1cc(I)ccc1I. The average molecular weight is 505 g/mol. The molecule has 21 heavy (non-hydrogen) atoms. The van der Waals surface area contributed by atoms with Crippen LogP contribution in [0.15, 0.2) is 42.5 Å². The largest absolute Gasteiger partial charge is 0.322 e. The van der Waals surface area contributed by atoms with Gasteiger partial charge in [0.05, 0.1) is 5.56 Å². The molecule has 0 bridgehead atoms. The first-order chi connectivity index (χ1) is 10.0. The van der Waals surface area contributed by atoms with E-state index in [1.165, 1.54) is 5.56 Å². The Labute approximate surface area is 153 Å². The van der Waals surface area contributed by atoms with Gasteiger partial charge in [0.25, 0.3) is 5.91 Å². The number of carbonyl (C=O) groups is 1. The van der Waals surface area contributed by atoms with Crippen LogP contribution in [0, 0.1) is 7.14 Å². The van der Waals surface area contributed by atoms with E-state index in [0.717, 1.165) is 24.8 Å². The molecule has 0 aliphatic rings. The minimum absolute atomic E-state index is 0.0475. The molecule has 1 amide bonds. The molecule has 2 rings (SSSR count). The summed E-state index contributed by atoms with van der Waals surface area (Å²) < 4.78 is 2.03. The fourth-order valence-corrected chi connectivity index (χ4v) is 3.19. The lowest BCUT2D eigenvalue weighted by Crippen LogP contribution is -2.15. The fourth-order valence-electron chi connectivity index (χ4n) is 2.12. The van der Waals surface area contributed by atoms with Gasteiger partial charge in [-0.05, 0) is 87.3 Å². The summed E-state index contributed by atoms with van der Waals surface area (Å²) in [6, 6.07) is 13.9. The summed E-state index contributed by atoms with van der Waals surface area (Å²) in [6.07, 6.45) is 1.05. The molecule has 110 valence electrons. The second-order valence-electron chi connectivity index (χ2n) is 4.97. The van der Waals surface area contributed by atoms with Crippen LogP contribution in [0.3, 0.4) is 0 Å². The number of rotatable bonds is 4. The maximum absolute atomic E-state index is 12.5. The molecule has 4 heteroatoms. The summed E-state index contributed by atoms with van der Waals surface area (Å²) in [5.74, 6) is 0.380. The molecule has 2 aromatic rings.